The minimum atomic E-state index is 0.163. The zero-order valence-corrected chi connectivity index (χ0v) is 10.2. The Balaban J connectivity index is 2.10. The minimum Gasteiger partial charge on any atom is -0.377 e. The molecule has 3 heteroatoms. The average molecular weight is 227 g/mol. The summed E-state index contributed by atoms with van der Waals surface area (Å²) in [5, 5.41) is 3.43. The van der Waals surface area contributed by atoms with Crippen LogP contribution in [0.5, 0.6) is 0 Å². The highest BCUT2D eigenvalue weighted by atomic mass is 14.9. The molecule has 1 unspecified atom stereocenters. The zero-order valence-electron chi connectivity index (χ0n) is 10.2. The maximum Gasteiger partial charge on any atom is 0.0806 e. The van der Waals surface area contributed by atoms with Crippen molar-refractivity contribution in [3.63, 3.8) is 0 Å². The van der Waals surface area contributed by atoms with Gasteiger partial charge >= 0.3 is 0 Å². The van der Waals surface area contributed by atoms with Gasteiger partial charge in [0.2, 0.25) is 0 Å². The molecule has 0 aliphatic heterocycles. The van der Waals surface area contributed by atoms with Crippen LogP contribution >= 0.6 is 0 Å². The Morgan fingerprint density at radius 2 is 2.18 bits per heavy atom. The number of hydrogen-bond acceptors (Lipinski definition) is 3. The van der Waals surface area contributed by atoms with Crippen molar-refractivity contribution >= 4 is 5.69 Å². The van der Waals surface area contributed by atoms with Gasteiger partial charge in [0.1, 0.15) is 0 Å². The molecule has 0 amide bonds. The molecule has 0 aliphatic rings. The van der Waals surface area contributed by atoms with Crippen LogP contribution in [0.2, 0.25) is 0 Å². The third kappa shape index (κ3) is 3.03. The van der Waals surface area contributed by atoms with Gasteiger partial charge in [-0.15, -0.1) is 0 Å². The van der Waals surface area contributed by atoms with Gasteiger partial charge in [0.25, 0.3) is 0 Å². The van der Waals surface area contributed by atoms with E-state index in [1.165, 1.54) is 5.56 Å². The molecule has 0 saturated carbocycles. The van der Waals surface area contributed by atoms with E-state index in [1.807, 2.05) is 0 Å². The van der Waals surface area contributed by atoms with Crippen molar-refractivity contribution in [1.82, 2.24) is 9.97 Å². The van der Waals surface area contributed by atoms with Gasteiger partial charge in [-0.05, 0) is 31.0 Å². The van der Waals surface area contributed by atoms with E-state index in [0.29, 0.717) is 0 Å². The van der Waals surface area contributed by atoms with Crippen LogP contribution in [0.25, 0.3) is 0 Å². The highest BCUT2D eigenvalue weighted by Crippen LogP contribution is 2.18. The van der Waals surface area contributed by atoms with E-state index in [4.69, 9.17) is 0 Å². The molecular formula is C14H17N3. The number of nitrogens with one attached hydrogen (secondary N) is 1. The van der Waals surface area contributed by atoms with Gasteiger partial charge < -0.3 is 5.32 Å². The van der Waals surface area contributed by atoms with E-state index in [9.17, 15) is 0 Å². The SMILES string of the molecule is CCc1cccc(NC(C)c2cnccn2)c1. The number of hydrogen-bond donors (Lipinski definition) is 1. The van der Waals surface area contributed by atoms with Crippen molar-refractivity contribution in [3.8, 4) is 0 Å². The first-order valence-electron chi connectivity index (χ1n) is 5.91. The Morgan fingerprint density at radius 3 is 2.88 bits per heavy atom. The van der Waals surface area contributed by atoms with Crippen LogP contribution in [0.4, 0.5) is 5.69 Å². The van der Waals surface area contributed by atoms with Crippen molar-refractivity contribution < 1.29 is 0 Å². The Labute approximate surface area is 102 Å². The Morgan fingerprint density at radius 1 is 1.29 bits per heavy atom. The van der Waals surface area contributed by atoms with Crippen LogP contribution in [0, 0.1) is 0 Å². The molecule has 2 aromatic rings. The zero-order chi connectivity index (χ0) is 12.1. The van der Waals surface area contributed by atoms with Gasteiger partial charge in [-0.3, -0.25) is 9.97 Å². The van der Waals surface area contributed by atoms with E-state index >= 15 is 0 Å². The second-order valence-corrected chi connectivity index (χ2v) is 4.05. The Hall–Kier alpha value is -1.90. The molecule has 0 fully saturated rings. The largest absolute Gasteiger partial charge is 0.377 e. The van der Waals surface area contributed by atoms with Crippen LogP contribution in [-0.4, -0.2) is 9.97 Å². The second kappa shape index (κ2) is 5.43. The molecule has 0 aliphatic carbocycles. The number of nitrogens with zero attached hydrogens (tertiary/aromatic N) is 2. The molecule has 17 heavy (non-hydrogen) atoms. The quantitative estimate of drug-likeness (QED) is 0.871. The van der Waals surface area contributed by atoms with E-state index in [1.54, 1.807) is 18.6 Å². The third-order valence-electron chi connectivity index (χ3n) is 2.75. The van der Waals surface area contributed by atoms with E-state index < -0.39 is 0 Å². The summed E-state index contributed by atoms with van der Waals surface area (Å²) >= 11 is 0. The van der Waals surface area contributed by atoms with Crippen LogP contribution in [0.1, 0.15) is 31.1 Å². The summed E-state index contributed by atoms with van der Waals surface area (Å²) in [6.45, 7) is 4.24. The van der Waals surface area contributed by atoms with Gasteiger partial charge in [0, 0.05) is 18.1 Å². The summed E-state index contributed by atoms with van der Waals surface area (Å²) in [5.74, 6) is 0. The molecule has 1 aromatic carbocycles. The van der Waals surface area contributed by atoms with Crippen molar-refractivity contribution in [2.75, 3.05) is 5.32 Å². The molecule has 3 nitrogen and oxygen atoms in total. The molecule has 0 spiro atoms. The Bertz CT molecular complexity index is 468. The molecule has 0 bridgehead atoms. The van der Waals surface area contributed by atoms with Crippen LogP contribution in [-0.2, 0) is 6.42 Å². The van der Waals surface area contributed by atoms with Crippen molar-refractivity contribution in [2.45, 2.75) is 26.3 Å². The molecule has 1 atom stereocenters. The summed E-state index contributed by atoms with van der Waals surface area (Å²) in [6, 6.07) is 8.62. The number of rotatable bonds is 4. The van der Waals surface area contributed by atoms with E-state index in [0.717, 1.165) is 17.8 Å². The molecule has 2 rings (SSSR count). The fourth-order valence-electron chi connectivity index (χ4n) is 1.74. The highest BCUT2D eigenvalue weighted by molar-refractivity contribution is 5.47. The topological polar surface area (TPSA) is 37.8 Å². The average Bonchev–Trinajstić information content (AvgIpc) is 2.40. The molecule has 1 aromatic heterocycles. The van der Waals surface area contributed by atoms with Gasteiger partial charge in [-0.2, -0.15) is 0 Å². The first-order valence-corrected chi connectivity index (χ1v) is 5.91. The summed E-state index contributed by atoms with van der Waals surface area (Å²) < 4.78 is 0. The summed E-state index contributed by atoms with van der Waals surface area (Å²) in [7, 11) is 0. The van der Waals surface area contributed by atoms with E-state index in [-0.39, 0.29) is 6.04 Å². The minimum absolute atomic E-state index is 0.163. The molecule has 1 heterocycles. The van der Waals surface area contributed by atoms with Gasteiger partial charge in [-0.1, -0.05) is 19.1 Å². The standard InChI is InChI=1S/C14H17N3/c1-3-12-5-4-6-13(9-12)17-11(2)14-10-15-7-8-16-14/h4-11,17H,3H2,1-2H3. The maximum atomic E-state index is 4.29. The third-order valence-corrected chi connectivity index (χ3v) is 2.75. The lowest BCUT2D eigenvalue weighted by molar-refractivity contribution is 0.827. The maximum absolute atomic E-state index is 4.29. The van der Waals surface area contributed by atoms with Crippen molar-refractivity contribution in [3.05, 3.63) is 54.1 Å². The van der Waals surface area contributed by atoms with Crippen LogP contribution < -0.4 is 5.32 Å². The lowest BCUT2D eigenvalue weighted by Gasteiger charge is -2.14. The first-order chi connectivity index (χ1) is 8.29. The second-order valence-electron chi connectivity index (χ2n) is 4.05. The number of aromatic nitrogens is 2. The molecular weight excluding hydrogens is 210 g/mol. The molecule has 1 N–H and O–H groups in total. The number of anilines is 1. The first kappa shape index (κ1) is 11.6. The van der Waals surface area contributed by atoms with Gasteiger partial charge in [0.05, 0.1) is 17.9 Å². The molecule has 0 saturated heterocycles. The Kier molecular flexibility index (Phi) is 3.70. The number of benzene rings is 1. The van der Waals surface area contributed by atoms with Gasteiger partial charge in [-0.25, -0.2) is 0 Å². The lowest BCUT2D eigenvalue weighted by atomic mass is 10.1. The van der Waals surface area contributed by atoms with Crippen LogP contribution in [0.3, 0.4) is 0 Å². The summed E-state index contributed by atoms with van der Waals surface area (Å²) in [4.78, 5) is 8.37. The fraction of sp³-hybridized carbons (Fsp3) is 0.286. The summed E-state index contributed by atoms with van der Waals surface area (Å²) in [6.07, 6.45) is 6.25. The monoisotopic (exact) mass is 227 g/mol. The highest BCUT2D eigenvalue weighted by Gasteiger charge is 2.06. The lowest BCUT2D eigenvalue weighted by Crippen LogP contribution is -2.08. The fourth-order valence-corrected chi connectivity index (χ4v) is 1.74. The van der Waals surface area contributed by atoms with Crippen molar-refractivity contribution in [1.29, 1.82) is 0 Å². The molecule has 88 valence electrons. The molecule has 0 radical (unpaired) electrons. The van der Waals surface area contributed by atoms with Gasteiger partial charge in [0.15, 0.2) is 0 Å². The normalized spacial score (nSPS) is 12.1. The van der Waals surface area contributed by atoms with Crippen molar-refractivity contribution in [2.24, 2.45) is 0 Å². The number of aryl methyl sites for hydroxylation is 1. The van der Waals surface area contributed by atoms with Crippen LogP contribution in [0.15, 0.2) is 42.9 Å². The smallest absolute Gasteiger partial charge is 0.0806 e. The summed E-state index contributed by atoms with van der Waals surface area (Å²) in [5.41, 5.74) is 3.42. The van der Waals surface area contributed by atoms with E-state index in [2.05, 4.69) is 53.4 Å². The predicted molar refractivity (Wildman–Crippen MR) is 69.9 cm³/mol. The predicted octanol–water partition coefficient (Wildman–Crippen LogP) is 3.21.